The van der Waals surface area contributed by atoms with E-state index in [0.29, 0.717) is 6.61 Å². The molecule has 2 rings (SSSR count). The minimum atomic E-state index is 0.272. The van der Waals surface area contributed by atoms with E-state index in [0.717, 1.165) is 18.3 Å². The van der Waals surface area contributed by atoms with Crippen molar-refractivity contribution in [2.75, 3.05) is 13.2 Å². The first-order chi connectivity index (χ1) is 6.84. The highest BCUT2D eigenvalue weighted by atomic mass is 16.5. The van der Waals surface area contributed by atoms with Gasteiger partial charge in [0.05, 0.1) is 0 Å². The van der Waals surface area contributed by atoms with Gasteiger partial charge in [-0.1, -0.05) is 0 Å². The third-order valence-electron chi connectivity index (χ3n) is 2.22. The van der Waals surface area contributed by atoms with Gasteiger partial charge in [-0.2, -0.15) is 0 Å². The second-order valence-corrected chi connectivity index (χ2v) is 3.57. The molecule has 0 aliphatic heterocycles. The molecular weight excluding hydrogens is 178 g/mol. The molecule has 0 atom stereocenters. The Morgan fingerprint density at radius 3 is 2.64 bits per heavy atom. The summed E-state index contributed by atoms with van der Waals surface area (Å²) in [5, 5.41) is 12.4. The van der Waals surface area contributed by atoms with Crippen molar-refractivity contribution in [3.05, 3.63) is 24.3 Å². The Kier molecular flexibility index (Phi) is 2.89. The van der Waals surface area contributed by atoms with E-state index in [2.05, 4.69) is 5.32 Å². The van der Waals surface area contributed by atoms with Crippen molar-refractivity contribution >= 4 is 0 Å². The molecule has 0 spiro atoms. The van der Waals surface area contributed by atoms with Crippen LogP contribution in [0.4, 0.5) is 0 Å². The number of aromatic hydroxyl groups is 1. The van der Waals surface area contributed by atoms with Crippen LogP contribution in [0.2, 0.25) is 0 Å². The van der Waals surface area contributed by atoms with E-state index in [4.69, 9.17) is 9.84 Å². The second-order valence-electron chi connectivity index (χ2n) is 3.57. The maximum atomic E-state index is 9.04. The number of rotatable bonds is 5. The molecule has 0 amide bonds. The van der Waals surface area contributed by atoms with Gasteiger partial charge in [-0.3, -0.25) is 0 Å². The molecule has 0 radical (unpaired) electrons. The molecule has 0 aromatic heterocycles. The average Bonchev–Trinajstić information content (AvgIpc) is 2.99. The molecule has 0 saturated heterocycles. The Hall–Kier alpha value is -1.22. The van der Waals surface area contributed by atoms with Gasteiger partial charge in [0, 0.05) is 12.6 Å². The van der Waals surface area contributed by atoms with Crippen molar-refractivity contribution in [3.8, 4) is 11.5 Å². The summed E-state index contributed by atoms with van der Waals surface area (Å²) in [7, 11) is 0. The molecule has 1 aliphatic rings. The molecule has 3 nitrogen and oxygen atoms in total. The maximum Gasteiger partial charge on any atom is 0.119 e. The lowest BCUT2D eigenvalue weighted by Gasteiger charge is -2.06. The van der Waals surface area contributed by atoms with Gasteiger partial charge < -0.3 is 15.2 Å². The summed E-state index contributed by atoms with van der Waals surface area (Å²) in [6, 6.07) is 7.53. The Balaban J connectivity index is 1.66. The predicted molar refractivity (Wildman–Crippen MR) is 54.6 cm³/mol. The van der Waals surface area contributed by atoms with Crippen LogP contribution < -0.4 is 10.1 Å². The maximum absolute atomic E-state index is 9.04. The molecule has 1 aromatic rings. The van der Waals surface area contributed by atoms with Gasteiger partial charge in [-0.05, 0) is 37.1 Å². The first kappa shape index (κ1) is 9.34. The van der Waals surface area contributed by atoms with E-state index >= 15 is 0 Å². The number of nitrogens with one attached hydrogen (secondary N) is 1. The van der Waals surface area contributed by atoms with Gasteiger partial charge in [0.2, 0.25) is 0 Å². The Bertz CT molecular complexity index is 280. The average molecular weight is 193 g/mol. The normalized spacial score (nSPS) is 15.4. The first-order valence-corrected chi connectivity index (χ1v) is 5.00. The van der Waals surface area contributed by atoms with Crippen molar-refractivity contribution in [2.45, 2.75) is 18.9 Å². The fourth-order valence-corrected chi connectivity index (χ4v) is 1.26. The van der Waals surface area contributed by atoms with Crippen LogP contribution in [0.5, 0.6) is 11.5 Å². The summed E-state index contributed by atoms with van der Waals surface area (Å²) in [6.45, 7) is 1.58. The topological polar surface area (TPSA) is 41.5 Å². The van der Waals surface area contributed by atoms with Gasteiger partial charge in [0.1, 0.15) is 18.1 Å². The molecule has 0 unspecified atom stereocenters. The number of ether oxygens (including phenoxy) is 1. The summed E-state index contributed by atoms with van der Waals surface area (Å²) >= 11 is 0. The van der Waals surface area contributed by atoms with Crippen molar-refractivity contribution in [2.24, 2.45) is 0 Å². The lowest BCUT2D eigenvalue weighted by molar-refractivity contribution is 0.313. The third kappa shape index (κ3) is 2.92. The van der Waals surface area contributed by atoms with E-state index in [1.54, 1.807) is 24.3 Å². The highest BCUT2D eigenvalue weighted by Gasteiger charge is 2.19. The molecule has 14 heavy (non-hydrogen) atoms. The quantitative estimate of drug-likeness (QED) is 0.697. The van der Waals surface area contributed by atoms with E-state index in [9.17, 15) is 0 Å². The minimum Gasteiger partial charge on any atom is -0.508 e. The number of phenols is 1. The SMILES string of the molecule is Oc1ccc(OCCNC2CC2)cc1. The van der Waals surface area contributed by atoms with E-state index < -0.39 is 0 Å². The summed E-state index contributed by atoms with van der Waals surface area (Å²) in [6.07, 6.45) is 2.61. The largest absolute Gasteiger partial charge is 0.508 e. The number of hydrogen-bond acceptors (Lipinski definition) is 3. The van der Waals surface area contributed by atoms with Crippen LogP contribution in [0.1, 0.15) is 12.8 Å². The Morgan fingerprint density at radius 2 is 2.00 bits per heavy atom. The fourth-order valence-electron chi connectivity index (χ4n) is 1.26. The number of benzene rings is 1. The zero-order valence-corrected chi connectivity index (χ0v) is 8.07. The smallest absolute Gasteiger partial charge is 0.119 e. The van der Waals surface area contributed by atoms with Crippen molar-refractivity contribution in [1.82, 2.24) is 5.32 Å². The van der Waals surface area contributed by atoms with Crippen molar-refractivity contribution in [1.29, 1.82) is 0 Å². The summed E-state index contributed by atoms with van der Waals surface area (Å²) in [5.41, 5.74) is 0. The van der Waals surface area contributed by atoms with Crippen LogP contribution in [-0.2, 0) is 0 Å². The standard InChI is InChI=1S/C11H15NO2/c13-10-3-5-11(6-4-10)14-8-7-12-9-1-2-9/h3-6,9,12-13H,1-2,7-8H2. The highest BCUT2D eigenvalue weighted by Crippen LogP contribution is 2.18. The third-order valence-corrected chi connectivity index (χ3v) is 2.22. The fraction of sp³-hybridized carbons (Fsp3) is 0.455. The van der Waals surface area contributed by atoms with Crippen LogP contribution in [0.15, 0.2) is 24.3 Å². The highest BCUT2D eigenvalue weighted by molar-refractivity contribution is 5.29. The predicted octanol–water partition coefficient (Wildman–Crippen LogP) is 1.52. The minimum absolute atomic E-state index is 0.272. The molecule has 1 aliphatic carbocycles. The van der Waals surface area contributed by atoms with Gasteiger partial charge in [-0.15, -0.1) is 0 Å². The molecule has 1 saturated carbocycles. The molecule has 2 N–H and O–H groups in total. The van der Waals surface area contributed by atoms with E-state index in [1.165, 1.54) is 12.8 Å². The van der Waals surface area contributed by atoms with Crippen LogP contribution >= 0.6 is 0 Å². The van der Waals surface area contributed by atoms with E-state index in [-0.39, 0.29) is 5.75 Å². The molecule has 76 valence electrons. The van der Waals surface area contributed by atoms with Gasteiger partial charge >= 0.3 is 0 Å². The lowest BCUT2D eigenvalue weighted by Crippen LogP contribution is -2.22. The molecular formula is C11H15NO2. The van der Waals surface area contributed by atoms with Crippen molar-refractivity contribution in [3.63, 3.8) is 0 Å². The van der Waals surface area contributed by atoms with Crippen LogP contribution in [-0.4, -0.2) is 24.3 Å². The summed E-state index contributed by atoms with van der Waals surface area (Å²) in [5.74, 6) is 1.08. The monoisotopic (exact) mass is 193 g/mol. The van der Waals surface area contributed by atoms with Crippen molar-refractivity contribution < 1.29 is 9.84 Å². The Labute approximate surface area is 83.7 Å². The Morgan fingerprint density at radius 1 is 1.29 bits per heavy atom. The summed E-state index contributed by atoms with van der Waals surface area (Å²) in [4.78, 5) is 0. The molecule has 0 bridgehead atoms. The first-order valence-electron chi connectivity index (χ1n) is 5.00. The molecule has 1 aromatic carbocycles. The van der Waals surface area contributed by atoms with Crippen LogP contribution in [0.25, 0.3) is 0 Å². The zero-order valence-electron chi connectivity index (χ0n) is 8.07. The van der Waals surface area contributed by atoms with E-state index in [1.807, 2.05) is 0 Å². The molecule has 1 fully saturated rings. The van der Waals surface area contributed by atoms with Gasteiger partial charge in [0.25, 0.3) is 0 Å². The summed E-state index contributed by atoms with van der Waals surface area (Å²) < 4.78 is 5.47. The van der Waals surface area contributed by atoms with Gasteiger partial charge in [0.15, 0.2) is 0 Å². The van der Waals surface area contributed by atoms with Crippen LogP contribution in [0.3, 0.4) is 0 Å². The number of phenolic OH excluding ortho intramolecular Hbond substituents is 1. The second kappa shape index (κ2) is 4.33. The molecule has 3 heteroatoms. The molecule has 0 heterocycles. The number of hydrogen-bond donors (Lipinski definition) is 2. The van der Waals surface area contributed by atoms with Gasteiger partial charge in [-0.25, -0.2) is 0 Å². The lowest BCUT2D eigenvalue weighted by atomic mass is 10.3. The van der Waals surface area contributed by atoms with Crippen LogP contribution in [0, 0.1) is 0 Å². The zero-order chi connectivity index (χ0) is 9.80.